The number of nitrogens with one attached hydrogen (secondary N) is 3. The number of hydrogen-bond acceptors (Lipinski definition) is 5. The van der Waals surface area contributed by atoms with Gasteiger partial charge in [-0.1, -0.05) is 6.07 Å². The van der Waals surface area contributed by atoms with E-state index in [1.165, 1.54) is 19.2 Å². The van der Waals surface area contributed by atoms with Crippen LogP contribution in [0.3, 0.4) is 0 Å². The summed E-state index contributed by atoms with van der Waals surface area (Å²) in [5.74, 6) is -0.0275. The number of amides is 1. The van der Waals surface area contributed by atoms with Gasteiger partial charge >= 0.3 is 6.09 Å². The maximum atomic E-state index is 13.7. The Morgan fingerprint density at radius 3 is 2.90 bits per heavy atom. The molecule has 0 atom stereocenters. The molecule has 0 radical (unpaired) electrons. The first-order valence-corrected chi connectivity index (χ1v) is 9.17. The van der Waals surface area contributed by atoms with Crippen LogP contribution in [0.4, 0.5) is 26.4 Å². The second-order valence-electron chi connectivity index (χ2n) is 6.69. The zero-order chi connectivity index (χ0) is 20.4. The average Bonchev–Trinajstić information content (AvgIpc) is 3.08. The minimum atomic E-state index is -0.631. The normalized spacial score (nSPS) is 13.0. The van der Waals surface area contributed by atoms with E-state index in [4.69, 9.17) is 0 Å². The van der Waals surface area contributed by atoms with Crippen LogP contribution in [0.1, 0.15) is 28.9 Å². The van der Waals surface area contributed by atoms with Gasteiger partial charge in [-0.25, -0.2) is 14.2 Å². The third-order valence-electron chi connectivity index (χ3n) is 4.75. The number of benzene rings is 1. The highest BCUT2D eigenvalue weighted by atomic mass is 19.1. The largest absolute Gasteiger partial charge is 0.453 e. The average molecular weight is 394 g/mol. The third kappa shape index (κ3) is 3.82. The SMILES string of the molecule is COC(=O)Nc1cc(-c2[nH]c3c(c2Nc2cccc(F)c2)C(=O)CCC3)ccn1. The third-order valence-corrected chi connectivity index (χ3v) is 4.75. The number of anilines is 3. The maximum Gasteiger partial charge on any atom is 0.412 e. The number of ketones is 1. The van der Waals surface area contributed by atoms with E-state index in [9.17, 15) is 14.0 Å². The van der Waals surface area contributed by atoms with Crippen molar-refractivity contribution >= 4 is 29.1 Å². The van der Waals surface area contributed by atoms with Crippen molar-refractivity contribution in [2.24, 2.45) is 0 Å². The summed E-state index contributed by atoms with van der Waals surface area (Å²) in [4.78, 5) is 31.6. The second-order valence-corrected chi connectivity index (χ2v) is 6.69. The van der Waals surface area contributed by atoms with Crippen LogP contribution in [0.5, 0.6) is 0 Å². The first-order valence-electron chi connectivity index (χ1n) is 9.17. The number of carbonyl (C=O) groups is 2. The molecule has 0 fully saturated rings. The summed E-state index contributed by atoms with van der Waals surface area (Å²) in [6.07, 6.45) is 2.91. The quantitative estimate of drug-likeness (QED) is 0.598. The van der Waals surface area contributed by atoms with Crippen molar-refractivity contribution in [2.45, 2.75) is 19.3 Å². The van der Waals surface area contributed by atoms with Crippen LogP contribution in [-0.2, 0) is 11.2 Å². The summed E-state index contributed by atoms with van der Waals surface area (Å²) >= 11 is 0. The molecule has 4 rings (SSSR count). The van der Waals surface area contributed by atoms with Gasteiger partial charge in [-0.3, -0.25) is 10.1 Å². The Morgan fingerprint density at radius 1 is 1.24 bits per heavy atom. The summed E-state index contributed by atoms with van der Waals surface area (Å²) in [6, 6.07) is 9.50. The molecule has 3 N–H and O–H groups in total. The fourth-order valence-electron chi connectivity index (χ4n) is 3.46. The molecule has 3 aromatic rings. The number of rotatable bonds is 4. The van der Waals surface area contributed by atoms with E-state index in [1.807, 2.05) is 0 Å². The van der Waals surface area contributed by atoms with Crippen LogP contribution in [0.25, 0.3) is 11.3 Å². The standard InChI is InChI=1S/C21H19FN4O3/c1-29-21(28)26-17-10-12(8-9-23-17)19-20(24-14-5-2-4-13(22)11-14)18-15(25-19)6-3-7-16(18)27/h2,4-5,8-11,24-25H,3,6-7H2,1H3,(H,23,26,28). The molecule has 0 aliphatic heterocycles. The number of carbonyl (C=O) groups excluding carboxylic acids is 2. The van der Waals surface area contributed by atoms with E-state index in [0.717, 1.165) is 18.5 Å². The number of pyridine rings is 1. The van der Waals surface area contributed by atoms with Crippen LogP contribution in [-0.4, -0.2) is 29.0 Å². The molecule has 2 aromatic heterocycles. The maximum absolute atomic E-state index is 13.7. The van der Waals surface area contributed by atoms with Crippen LogP contribution >= 0.6 is 0 Å². The van der Waals surface area contributed by atoms with Crippen LogP contribution in [0, 0.1) is 5.82 Å². The molecule has 0 unspecified atom stereocenters. The molecule has 0 bridgehead atoms. The molecule has 148 valence electrons. The summed E-state index contributed by atoms with van der Waals surface area (Å²) < 4.78 is 18.3. The summed E-state index contributed by atoms with van der Waals surface area (Å²) in [7, 11) is 1.27. The second kappa shape index (κ2) is 7.75. The van der Waals surface area contributed by atoms with Crippen molar-refractivity contribution < 1.29 is 18.7 Å². The van der Waals surface area contributed by atoms with Crippen LogP contribution in [0.2, 0.25) is 0 Å². The van der Waals surface area contributed by atoms with Gasteiger partial charge in [-0.2, -0.15) is 0 Å². The van der Waals surface area contributed by atoms with Gasteiger partial charge in [0.2, 0.25) is 0 Å². The minimum absolute atomic E-state index is 0.0367. The van der Waals surface area contributed by atoms with Crippen molar-refractivity contribution in [3.63, 3.8) is 0 Å². The Labute approximate surface area is 166 Å². The van der Waals surface area contributed by atoms with E-state index >= 15 is 0 Å². The Balaban J connectivity index is 1.80. The van der Waals surface area contributed by atoms with Gasteiger partial charge in [0, 0.05) is 29.6 Å². The van der Waals surface area contributed by atoms with Crippen molar-refractivity contribution in [3.8, 4) is 11.3 Å². The predicted octanol–water partition coefficient (Wildman–Crippen LogP) is 4.66. The Hall–Kier alpha value is -3.68. The number of hydrogen-bond donors (Lipinski definition) is 3. The molecule has 0 saturated carbocycles. The number of Topliss-reactive ketones (excluding diaryl/α,β-unsaturated/α-hetero) is 1. The van der Waals surface area contributed by atoms with Gasteiger partial charge in [-0.05, 0) is 43.2 Å². The van der Waals surface area contributed by atoms with E-state index < -0.39 is 6.09 Å². The van der Waals surface area contributed by atoms with E-state index in [-0.39, 0.29) is 11.6 Å². The molecule has 2 heterocycles. The molecule has 1 aliphatic carbocycles. The summed E-state index contributed by atoms with van der Waals surface area (Å²) in [6.45, 7) is 0. The number of halogens is 1. The van der Waals surface area contributed by atoms with Gasteiger partial charge < -0.3 is 15.0 Å². The highest BCUT2D eigenvalue weighted by Gasteiger charge is 2.27. The summed E-state index contributed by atoms with van der Waals surface area (Å²) in [5, 5.41) is 5.72. The van der Waals surface area contributed by atoms with Gasteiger partial charge in [0.1, 0.15) is 11.6 Å². The minimum Gasteiger partial charge on any atom is -0.453 e. The van der Waals surface area contributed by atoms with Gasteiger partial charge in [0.25, 0.3) is 0 Å². The van der Waals surface area contributed by atoms with Crippen molar-refractivity contribution in [3.05, 3.63) is 59.7 Å². The predicted molar refractivity (Wildman–Crippen MR) is 107 cm³/mol. The highest BCUT2D eigenvalue weighted by Crippen LogP contribution is 2.39. The fraction of sp³-hybridized carbons (Fsp3) is 0.190. The molecular formula is C21H19FN4O3. The van der Waals surface area contributed by atoms with E-state index in [1.54, 1.807) is 30.5 Å². The number of methoxy groups -OCH3 is 1. The van der Waals surface area contributed by atoms with Gasteiger partial charge in [-0.15, -0.1) is 0 Å². The van der Waals surface area contributed by atoms with Crippen molar-refractivity contribution in [2.75, 3.05) is 17.7 Å². The van der Waals surface area contributed by atoms with Gasteiger partial charge in [0.15, 0.2) is 5.78 Å². The monoisotopic (exact) mass is 394 g/mol. The van der Waals surface area contributed by atoms with Crippen molar-refractivity contribution in [1.29, 1.82) is 0 Å². The molecule has 0 spiro atoms. The topological polar surface area (TPSA) is 96.1 Å². The van der Waals surface area contributed by atoms with Crippen molar-refractivity contribution in [1.82, 2.24) is 9.97 Å². The highest BCUT2D eigenvalue weighted by molar-refractivity contribution is 6.07. The number of H-pyrrole nitrogens is 1. The molecule has 1 aromatic carbocycles. The number of nitrogens with zero attached hydrogens (tertiary/aromatic N) is 1. The van der Waals surface area contributed by atoms with E-state index in [0.29, 0.717) is 40.4 Å². The molecule has 7 nitrogen and oxygen atoms in total. The van der Waals surface area contributed by atoms with Crippen LogP contribution in [0.15, 0.2) is 42.6 Å². The first kappa shape index (κ1) is 18.7. The molecule has 1 aliphatic rings. The Bertz CT molecular complexity index is 1090. The van der Waals surface area contributed by atoms with E-state index in [2.05, 4.69) is 25.3 Å². The zero-order valence-corrected chi connectivity index (χ0v) is 15.7. The lowest BCUT2D eigenvalue weighted by molar-refractivity contribution is 0.0973. The Kier molecular flexibility index (Phi) is 4.99. The summed E-state index contributed by atoms with van der Waals surface area (Å²) in [5.41, 5.74) is 3.94. The van der Waals surface area contributed by atoms with Gasteiger partial charge in [0.05, 0.1) is 24.1 Å². The lowest BCUT2D eigenvalue weighted by Gasteiger charge is -2.14. The number of aromatic nitrogens is 2. The number of ether oxygens (including phenoxy) is 1. The fourth-order valence-corrected chi connectivity index (χ4v) is 3.46. The number of aryl methyl sites for hydroxylation is 1. The lowest BCUT2D eigenvalue weighted by atomic mass is 9.95. The smallest absolute Gasteiger partial charge is 0.412 e. The molecule has 29 heavy (non-hydrogen) atoms. The number of aromatic amines is 1. The molecule has 0 saturated heterocycles. The number of fused-ring (bicyclic) bond motifs is 1. The molecule has 8 heteroatoms. The zero-order valence-electron chi connectivity index (χ0n) is 15.7. The molecular weight excluding hydrogens is 375 g/mol. The lowest BCUT2D eigenvalue weighted by Crippen LogP contribution is -2.12. The first-order chi connectivity index (χ1) is 14.0. The Morgan fingerprint density at radius 2 is 2.10 bits per heavy atom. The van der Waals surface area contributed by atoms with Crippen LogP contribution < -0.4 is 10.6 Å². The molecule has 1 amide bonds.